The molecule has 1 unspecified atom stereocenters. The Morgan fingerprint density at radius 2 is 1.95 bits per heavy atom. The van der Waals surface area contributed by atoms with Crippen LogP contribution in [0.5, 0.6) is 0 Å². The summed E-state index contributed by atoms with van der Waals surface area (Å²) in [5.74, 6) is -3.23. The molecule has 8 heteroatoms. The van der Waals surface area contributed by atoms with Crippen LogP contribution in [-0.2, 0) is 4.79 Å². The van der Waals surface area contributed by atoms with Gasteiger partial charge in [0, 0.05) is 43.9 Å². The number of rotatable bonds is 4. The highest BCUT2D eigenvalue weighted by Gasteiger charge is 2.38. The van der Waals surface area contributed by atoms with Gasteiger partial charge in [-0.2, -0.15) is 0 Å². The monoisotopic (exact) mass is 302 g/mol. The Labute approximate surface area is 119 Å². The number of carbonyl (C=O) groups is 1. The molecule has 2 N–H and O–H groups in total. The highest BCUT2D eigenvalue weighted by Crippen LogP contribution is 2.32. The number of thioether (sulfide) groups is 1. The quantitative estimate of drug-likeness (QED) is 0.673. The van der Waals surface area contributed by atoms with Crippen molar-refractivity contribution in [3.05, 3.63) is 18.0 Å². The molecule has 2 heterocycles. The summed E-state index contributed by atoms with van der Waals surface area (Å²) in [6, 6.07) is -0.748. The third-order valence-electron chi connectivity index (χ3n) is 3.31. The second-order valence-corrected chi connectivity index (χ2v) is 5.47. The maximum absolute atomic E-state index is 13.2. The molecule has 1 aromatic rings. The van der Waals surface area contributed by atoms with E-state index < -0.39 is 17.9 Å². The molecule has 5 nitrogen and oxygen atoms in total. The molecule has 0 aliphatic carbocycles. The first-order chi connectivity index (χ1) is 9.43. The summed E-state index contributed by atoms with van der Waals surface area (Å²) < 4.78 is 26.3. The van der Waals surface area contributed by atoms with Gasteiger partial charge < -0.3 is 5.73 Å². The molecule has 0 aromatic carbocycles. The molecule has 1 aliphatic heterocycles. The molecule has 1 atom stereocenters. The average molecular weight is 302 g/mol. The van der Waals surface area contributed by atoms with Gasteiger partial charge in [0.15, 0.2) is 5.16 Å². The number of alkyl halides is 2. The van der Waals surface area contributed by atoms with Crippen LogP contribution in [-0.4, -0.2) is 46.0 Å². The van der Waals surface area contributed by atoms with Crippen molar-refractivity contribution in [3.63, 3.8) is 0 Å². The Morgan fingerprint density at radius 1 is 1.40 bits per heavy atom. The van der Waals surface area contributed by atoms with E-state index in [1.54, 1.807) is 4.90 Å². The molecule has 0 radical (unpaired) electrons. The molecule has 1 aliphatic rings. The number of likely N-dealkylation sites (tertiary alicyclic amines) is 1. The fraction of sp³-hybridized carbons (Fsp3) is 0.583. The van der Waals surface area contributed by atoms with E-state index in [-0.39, 0.29) is 25.9 Å². The van der Waals surface area contributed by atoms with Gasteiger partial charge in [-0.05, 0) is 6.26 Å². The zero-order chi connectivity index (χ0) is 14.8. The van der Waals surface area contributed by atoms with Crippen LogP contribution in [0.2, 0.25) is 0 Å². The van der Waals surface area contributed by atoms with Crippen LogP contribution in [0, 0.1) is 0 Å². The lowest BCUT2D eigenvalue weighted by molar-refractivity contribution is -0.127. The molecule has 0 spiro atoms. The van der Waals surface area contributed by atoms with Crippen molar-refractivity contribution in [2.24, 2.45) is 5.73 Å². The zero-order valence-corrected chi connectivity index (χ0v) is 11.9. The molecule has 0 bridgehead atoms. The second kappa shape index (κ2) is 6.01. The van der Waals surface area contributed by atoms with E-state index in [1.807, 2.05) is 6.26 Å². The van der Waals surface area contributed by atoms with Gasteiger partial charge in [0.1, 0.15) is 6.04 Å². The number of hydrogen-bond acceptors (Lipinski definition) is 5. The highest BCUT2D eigenvalue weighted by atomic mass is 32.2. The first-order valence-corrected chi connectivity index (χ1v) is 7.42. The molecule has 1 saturated heterocycles. The largest absolute Gasteiger partial charge is 0.368 e. The smallest absolute Gasteiger partial charge is 0.250 e. The number of primary amides is 1. The van der Waals surface area contributed by atoms with Crippen LogP contribution in [0.15, 0.2) is 17.6 Å². The van der Waals surface area contributed by atoms with Gasteiger partial charge in [-0.1, -0.05) is 11.8 Å². The normalized spacial score (nSPS) is 20.6. The summed E-state index contributed by atoms with van der Waals surface area (Å²) in [5, 5.41) is 0.585. The first-order valence-electron chi connectivity index (χ1n) is 6.20. The Kier molecular flexibility index (Phi) is 4.54. The minimum Gasteiger partial charge on any atom is -0.368 e. The van der Waals surface area contributed by atoms with Crippen LogP contribution in [0.1, 0.15) is 24.4 Å². The summed E-state index contributed by atoms with van der Waals surface area (Å²) in [6.07, 6.45) is 4.37. The standard InChI is InChI=1S/C12H16F2N4OS/c1-20-11-16-6-8(7-17-11)9(10(15)19)18-4-2-12(13,14)3-5-18/h6-7,9H,2-5H2,1H3,(H2,15,19). The number of halogens is 2. The van der Waals surface area contributed by atoms with Crippen molar-refractivity contribution in [2.75, 3.05) is 19.3 Å². The summed E-state index contributed by atoms with van der Waals surface area (Å²) in [5.41, 5.74) is 5.95. The number of amides is 1. The van der Waals surface area contributed by atoms with Gasteiger partial charge in [-0.3, -0.25) is 9.69 Å². The number of carbonyl (C=O) groups excluding carboxylic acids is 1. The van der Waals surface area contributed by atoms with Crippen LogP contribution in [0.4, 0.5) is 8.78 Å². The van der Waals surface area contributed by atoms with Gasteiger partial charge in [0.2, 0.25) is 5.91 Å². The van der Waals surface area contributed by atoms with Crippen molar-refractivity contribution in [1.82, 2.24) is 14.9 Å². The second-order valence-electron chi connectivity index (χ2n) is 4.70. The molecule has 0 saturated carbocycles. The fourth-order valence-electron chi connectivity index (χ4n) is 2.24. The van der Waals surface area contributed by atoms with E-state index >= 15 is 0 Å². The third-order valence-corrected chi connectivity index (χ3v) is 3.89. The van der Waals surface area contributed by atoms with Gasteiger partial charge >= 0.3 is 0 Å². The topological polar surface area (TPSA) is 72.1 Å². The fourth-order valence-corrected chi connectivity index (χ4v) is 2.55. The van der Waals surface area contributed by atoms with Gasteiger partial charge in [-0.15, -0.1) is 0 Å². The Bertz CT molecular complexity index is 473. The van der Waals surface area contributed by atoms with Crippen LogP contribution in [0.25, 0.3) is 0 Å². The lowest BCUT2D eigenvalue weighted by atomic mass is 10.0. The Balaban J connectivity index is 2.16. The molecule has 20 heavy (non-hydrogen) atoms. The minimum absolute atomic E-state index is 0.130. The predicted molar refractivity (Wildman–Crippen MR) is 71.5 cm³/mol. The van der Waals surface area contributed by atoms with Crippen molar-refractivity contribution in [2.45, 2.75) is 30.0 Å². The highest BCUT2D eigenvalue weighted by molar-refractivity contribution is 7.98. The summed E-state index contributed by atoms with van der Waals surface area (Å²) in [6.45, 7) is 0.260. The van der Waals surface area contributed by atoms with Crippen molar-refractivity contribution in [1.29, 1.82) is 0 Å². The molecule has 1 fully saturated rings. The van der Waals surface area contributed by atoms with Crippen LogP contribution in [0.3, 0.4) is 0 Å². The van der Waals surface area contributed by atoms with E-state index in [9.17, 15) is 13.6 Å². The van der Waals surface area contributed by atoms with Crippen molar-refractivity contribution in [3.8, 4) is 0 Å². The lowest BCUT2D eigenvalue weighted by Crippen LogP contribution is -2.45. The maximum atomic E-state index is 13.2. The van der Waals surface area contributed by atoms with Gasteiger partial charge in [-0.25, -0.2) is 18.7 Å². The Morgan fingerprint density at radius 3 is 2.40 bits per heavy atom. The molecule has 110 valence electrons. The maximum Gasteiger partial charge on any atom is 0.250 e. The summed E-state index contributed by atoms with van der Waals surface area (Å²) in [7, 11) is 0. The summed E-state index contributed by atoms with van der Waals surface area (Å²) in [4.78, 5) is 21.5. The third kappa shape index (κ3) is 3.43. The van der Waals surface area contributed by atoms with E-state index in [4.69, 9.17) is 5.73 Å². The van der Waals surface area contributed by atoms with E-state index in [2.05, 4.69) is 9.97 Å². The number of aromatic nitrogens is 2. The number of hydrogen-bond donors (Lipinski definition) is 1. The van der Waals surface area contributed by atoms with Crippen molar-refractivity contribution < 1.29 is 13.6 Å². The predicted octanol–water partition coefficient (Wildman–Crippen LogP) is 1.46. The summed E-state index contributed by atoms with van der Waals surface area (Å²) >= 11 is 1.38. The van der Waals surface area contributed by atoms with Gasteiger partial charge in [0.25, 0.3) is 5.92 Å². The molecule has 2 rings (SSSR count). The van der Waals surface area contributed by atoms with E-state index in [0.29, 0.717) is 10.7 Å². The van der Waals surface area contributed by atoms with Crippen molar-refractivity contribution >= 4 is 17.7 Å². The van der Waals surface area contributed by atoms with Gasteiger partial charge in [0.05, 0.1) is 0 Å². The van der Waals surface area contributed by atoms with Crippen LogP contribution < -0.4 is 5.73 Å². The number of nitrogens with two attached hydrogens (primary N) is 1. The Hall–Kier alpha value is -1.28. The molecule has 1 aromatic heterocycles. The first kappa shape index (κ1) is 15.1. The molecular weight excluding hydrogens is 286 g/mol. The number of nitrogens with zero attached hydrogens (tertiary/aromatic N) is 3. The van der Waals surface area contributed by atoms with E-state index in [0.717, 1.165) is 0 Å². The molecule has 1 amide bonds. The molecular formula is C12H16F2N4OS. The average Bonchev–Trinajstić information content (AvgIpc) is 2.41. The van der Waals surface area contributed by atoms with E-state index in [1.165, 1.54) is 24.2 Å². The lowest BCUT2D eigenvalue weighted by Gasteiger charge is -2.35. The van der Waals surface area contributed by atoms with Crippen LogP contribution >= 0.6 is 11.8 Å². The minimum atomic E-state index is -2.65. The zero-order valence-electron chi connectivity index (χ0n) is 11.1. The SMILES string of the molecule is CSc1ncc(C(C(N)=O)N2CCC(F)(F)CC2)cn1. The number of piperidine rings is 1.